The third-order valence-electron chi connectivity index (χ3n) is 1.75. The average Bonchev–Trinajstić information content (AvgIpc) is 2.18. The van der Waals surface area contributed by atoms with Crippen molar-refractivity contribution in [3.05, 3.63) is 0 Å². The molecule has 106 valence electrons. The first-order valence-electron chi connectivity index (χ1n) is 6.54. The molecule has 0 aliphatic heterocycles. The molecule has 0 rings (SSSR count). The Bertz CT molecular complexity index is 136. The van der Waals surface area contributed by atoms with E-state index in [0.29, 0.717) is 25.7 Å². The molecule has 0 aliphatic carbocycles. The maximum absolute atomic E-state index is 7.57. The van der Waals surface area contributed by atoms with E-state index in [1.54, 1.807) is 6.92 Å². The van der Waals surface area contributed by atoms with E-state index in [4.69, 9.17) is 18.4 Å². The van der Waals surface area contributed by atoms with E-state index < -0.39 is 8.80 Å². The molecule has 0 unspecified atom stereocenters. The van der Waals surface area contributed by atoms with Crippen LogP contribution >= 0.6 is 0 Å². The van der Waals surface area contributed by atoms with Crippen LogP contribution in [-0.4, -0.2) is 40.3 Å². The molecule has 0 radical (unpaired) electrons. The lowest BCUT2D eigenvalue weighted by Gasteiger charge is -2.29. The number of hydrogen-bond acceptors (Lipinski definition) is 4. The zero-order valence-electron chi connectivity index (χ0n) is 12.3. The Hall–Kier alpha value is 0.0569. The summed E-state index contributed by atoms with van der Waals surface area (Å²) in [6.45, 7) is 14.2. The number of aliphatic hydroxyl groups excluding tert-OH is 1. The minimum absolute atomic E-state index is 0.250. The van der Waals surface area contributed by atoms with E-state index in [-0.39, 0.29) is 6.61 Å². The summed E-state index contributed by atoms with van der Waals surface area (Å²) in [7, 11) is -2.36. The van der Waals surface area contributed by atoms with Crippen LogP contribution in [0.2, 0.25) is 6.04 Å². The van der Waals surface area contributed by atoms with Crippen molar-refractivity contribution in [2.24, 2.45) is 5.92 Å². The van der Waals surface area contributed by atoms with Gasteiger partial charge in [-0.3, -0.25) is 0 Å². The third kappa shape index (κ3) is 10.9. The minimum Gasteiger partial charge on any atom is -0.397 e. The predicted octanol–water partition coefficient (Wildman–Crippen LogP) is 2.69. The van der Waals surface area contributed by atoms with E-state index >= 15 is 0 Å². The zero-order chi connectivity index (χ0) is 13.7. The SMILES string of the molecule is CCO.CCO[Si](CC(C)C)(OCC)OCC. The van der Waals surface area contributed by atoms with Gasteiger partial charge in [0.2, 0.25) is 0 Å². The highest BCUT2D eigenvalue weighted by Gasteiger charge is 2.40. The predicted molar refractivity (Wildman–Crippen MR) is 73.0 cm³/mol. The number of hydrogen-bond donors (Lipinski definition) is 1. The molecule has 0 saturated heterocycles. The normalized spacial score (nSPS) is 11.3. The lowest BCUT2D eigenvalue weighted by atomic mass is 10.3. The smallest absolute Gasteiger partial charge is 0.397 e. The first-order chi connectivity index (χ1) is 8.01. The summed E-state index contributed by atoms with van der Waals surface area (Å²) in [5.41, 5.74) is 0. The molecule has 0 aromatic carbocycles. The zero-order valence-corrected chi connectivity index (χ0v) is 13.3. The van der Waals surface area contributed by atoms with Crippen LogP contribution in [0.4, 0.5) is 0 Å². The van der Waals surface area contributed by atoms with Crippen LogP contribution in [0.5, 0.6) is 0 Å². The molecule has 0 spiro atoms. The van der Waals surface area contributed by atoms with Crippen molar-refractivity contribution in [3.8, 4) is 0 Å². The van der Waals surface area contributed by atoms with Gasteiger partial charge in [0.15, 0.2) is 0 Å². The molecule has 0 bridgehead atoms. The van der Waals surface area contributed by atoms with Gasteiger partial charge in [-0.05, 0) is 33.6 Å². The molecular weight excluding hydrogens is 236 g/mol. The Morgan fingerprint density at radius 3 is 1.35 bits per heavy atom. The molecule has 5 heteroatoms. The van der Waals surface area contributed by atoms with Crippen molar-refractivity contribution < 1.29 is 18.4 Å². The molecule has 0 aromatic rings. The molecule has 0 heterocycles. The summed E-state index contributed by atoms with van der Waals surface area (Å²) in [5, 5.41) is 7.57. The van der Waals surface area contributed by atoms with Gasteiger partial charge in [0.25, 0.3) is 0 Å². The lowest BCUT2D eigenvalue weighted by Crippen LogP contribution is -2.46. The Labute approximate surface area is 108 Å². The van der Waals surface area contributed by atoms with Gasteiger partial charge in [-0.1, -0.05) is 13.8 Å². The van der Waals surface area contributed by atoms with Crippen molar-refractivity contribution in [1.82, 2.24) is 0 Å². The highest BCUT2D eigenvalue weighted by atomic mass is 28.4. The fourth-order valence-electron chi connectivity index (χ4n) is 1.46. The largest absolute Gasteiger partial charge is 0.501 e. The Kier molecular flexibility index (Phi) is 14.3. The van der Waals surface area contributed by atoms with Crippen LogP contribution in [0, 0.1) is 5.92 Å². The van der Waals surface area contributed by atoms with E-state index in [1.165, 1.54) is 0 Å². The van der Waals surface area contributed by atoms with Crippen molar-refractivity contribution in [1.29, 1.82) is 0 Å². The van der Waals surface area contributed by atoms with E-state index in [2.05, 4.69) is 13.8 Å². The molecule has 17 heavy (non-hydrogen) atoms. The molecule has 0 saturated carbocycles. The van der Waals surface area contributed by atoms with Gasteiger partial charge in [-0.25, -0.2) is 0 Å². The Balaban J connectivity index is 0. The van der Waals surface area contributed by atoms with E-state index in [0.717, 1.165) is 6.04 Å². The van der Waals surface area contributed by atoms with Crippen LogP contribution < -0.4 is 0 Å². The van der Waals surface area contributed by atoms with Gasteiger partial charge in [0.05, 0.1) is 0 Å². The van der Waals surface area contributed by atoms with E-state index in [9.17, 15) is 0 Å². The average molecular weight is 266 g/mol. The fraction of sp³-hybridized carbons (Fsp3) is 1.00. The summed E-state index contributed by atoms with van der Waals surface area (Å²) in [6.07, 6.45) is 0. The fourth-order valence-corrected chi connectivity index (χ4v) is 4.38. The molecule has 0 aromatic heterocycles. The molecule has 0 aliphatic rings. The van der Waals surface area contributed by atoms with Gasteiger partial charge >= 0.3 is 8.80 Å². The van der Waals surface area contributed by atoms with E-state index in [1.807, 2.05) is 20.8 Å². The van der Waals surface area contributed by atoms with Crippen LogP contribution in [0.25, 0.3) is 0 Å². The number of rotatable bonds is 8. The second-order valence-corrected chi connectivity index (χ2v) is 6.54. The molecule has 4 nitrogen and oxygen atoms in total. The maximum Gasteiger partial charge on any atom is 0.501 e. The minimum atomic E-state index is -2.36. The Morgan fingerprint density at radius 2 is 1.18 bits per heavy atom. The Morgan fingerprint density at radius 1 is 0.882 bits per heavy atom. The summed E-state index contributed by atoms with van der Waals surface area (Å²) >= 11 is 0. The maximum atomic E-state index is 7.57. The van der Waals surface area contributed by atoms with Crippen LogP contribution in [0.15, 0.2) is 0 Å². The van der Waals surface area contributed by atoms with Gasteiger partial charge in [-0.15, -0.1) is 0 Å². The first-order valence-corrected chi connectivity index (χ1v) is 8.47. The van der Waals surface area contributed by atoms with Crippen molar-refractivity contribution in [2.75, 3.05) is 26.4 Å². The van der Waals surface area contributed by atoms with Gasteiger partial charge in [0.1, 0.15) is 0 Å². The van der Waals surface area contributed by atoms with Crippen molar-refractivity contribution >= 4 is 8.80 Å². The summed E-state index contributed by atoms with van der Waals surface area (Å²) < 4.78 is 17.1. The standard InChI is InChI=1S/C10H24O3Si.C2H6O/c1-6-11-14(12-7-2,13-8-3)9-10(4)5;1-2-3/h10H,6-9H2,1-5H3;3H,2H2,1H3. The van der Waals surface area contributed by atoms with Crippen LogP contribution in [0.1, 0.15) is 41.5 Å². The number of aliphatic hydroxyl groups is 1. The molecule has 0 atom stereocenters. The van der Waals surface area contributed by atoms with Gasteiger partial charge < -0.3 is 18.4 Å². The lowest BCUT2D eigenvalue weighted by molar-refractivity contribution is 0.0683. The summed E-state index contributed by atoms with van der Waals surface area (Å²) in [4.78, 5) is 0. The van der Waals surface area contributed by atoms with Crippen molar-refractivity contribution in [2.45, 2.75) is 47.6 Å². The summed E-state index contributed by atoms with van der Waals surface area (Å²) in [6, 6.07) is 0.905. The molecular formula is C12H30O4Si. The van der Waals surface area contributed by atoms with Gasteiger partial charge in [-0.2, -0.15) is 0 Å². The quantitative estimate of drug-likeness (QED) is 0.686. The van der Waals surface area contributed by atoms with Crippen molar-refractivity contribution in [3.63, 3.8) is 0 Å². The van der Waals surface area contributed by atoms with Crippen LogP contribution in [0.3, 0.4) is 0 Å². The van der Waals surface area contributed by atoms with Gasteiger partial charge in [0, 0.05) is 32.5 Å². The first kappa shape index (κ1) is 19.4. The second-order valence-electron chi connectivity index (χ2n) is 3.90. The monoisotopic (exact) mass is 266 g/mol. The highest BCUT2D eigenvalue weighted by molar-refractivity contribution is 6.60. The second kappa shape index (κ2) is 12.5. The highest BCUT2D eigenvalue weighted by Crippen LogP contribution is 2.20. The summed E-state index contributed by atoms with van der Waals surface area (Å²) in [5.74, 6) is 0.548. The topological polar surface area (TPSA) is 47.9 Å². The third-order valence-corrected chi connectivity index (χ3v) is 5.25. The van der Waals surface area contributed by atoms with Crippen LogP contribution in [-0.2, 0) is 13.3 Å². The molecule has 0 fully saturated rings. The molecule has 0 amide bonds. The molecule has 1 N–H and O–H groups in total.